The van der Waals surface area contributed by atoms with E-state index in [2.05, 4.69) is 12.2 Å². The number of nitrogens with one attached hydrogen (secondary N) is 1. The summed E-state index contributed by atoms with van der Waals surface area (Å²) < 4.78 is 10.3. The number of benzene rings is 2. The van der Waals surface area contributed by atoms with E-state index >= 15 is 0 Å². The zero-order valence-corrected chi connectivity index (χ0v) is 20.7. The molecule has 0 radical (unpaired) electrons. The number of nitrogens with zero attached hydrogens (tertiary/aromatic N) is 1. The normalized spacial score (nSPS) is 15.1. The first kappa shape index (κ1) is 26.5. The molecular formula is C25H26Cl2N2O6. The summed E-state index contributed by atoms with van der Waals surface area (Å²) >= 11 is 11.9. The minimum Gasteiger partial charge on any atom is -0.462 e. The van der Waals surface area contributed by atoms with Gasteiger partial charge in [-0.25, -0.2) is 4.79 Å². The van der Waals surface area contributed by atoms with E-state index in [0.717, 1.165) is 19.3 Å². The number of amides is 2. The molecule has 8 nitrogen and oxygen atoms in total. The SMILES string of the molecule is CCCCCOC(=O)c1ccc(N2C[C@H](C(=O)OCC(=O)Nc3cc(Cl)ccc3Cl)CC2=O)cc1. The second kappa shape index (κ2) is 12.6. The molecule has 1 heterocycles. The fourth-order valence-corrected chi connectivity index (χ4v) is 3.86. The van der Waals surface area contributed by atoms with Gasteiger partial charge in [-0.05, 0) is 48.9 Å². The predicted octanol–water partition coefficient (Wildman–Crippen LogP) is 4.88. The lowest BCUT2D eigenvalue weighted by atomic mass is 10.1. The van der Waals surface area contributed by atoms with Crippen LogP contribution in [0.5, 0.6) is 0 Å². The number of unbranched alkanes of at least 4 members (excludes halogenated alkanes) is 2. The summed E-state index contributed by atoms with van der Waals surface area (Å²) in [6.07, 6.45) is 2.81. The molecule has 1 fully saturated rings. The maximum atomic E-state index is 12.5. The lowest BCUT2D eigenvalue weighted by Crippen LogP contribution is -2.28. The van der Waals surface area contributed by atoms with Crippen LogP contribution in [0.1, 0.15) is 43.0 Å². The van der Waals surface area contributed by atoms with Gasteiger partial charge in [0.05, 0.1) is 28.8 Å². The van der Waals surface area contributed by atoms with Gasteiger partial charge in [0.2, 0.25) is 5.91 Å². The van der Waals surface area contributed by atoms with E-state index in [-0.39, 0.29) is 18.9 Å². The minimum atomic E-state index is -0.715. The molecule has 1 N–H and O–H groups in total. The van der Waals surface area contributed by atoms with Crippen molar-refractivity contribution >= 4 is 58.3 Å². The van der Waals surface area contributed by atoms with Crippen LogP contribution in [-0.4, -0.2) is 43.5 Å². The molecule has 0 aromatic heterocycles. The van der Waals surface area contributed by atoms with Crippen molar-refractivity contribution in [1.82, 2.24) is 0 Å². The highest BCUT2D eigenvalue weighted by atomic mass is 35.5. The molecule has 0 saturated carbocycles. The Bertz CT molecular complexity index is 1090. The molecular weight excluding hydrogens is 495 g/mol. The maximum Gasteiger partial charge on any atom is 0.338 e. The highest BCUT2D eigenvalue weighted by Crippen LogP contribution is 2.27. The number of carbonyl (C=O) groups excluding carboxylic acids is 4. The van der Waals surface area contributed by atoms with E-state index in [1.807, 2.05) is 0 Å². The Morgan fingerprint density at radius 3 is 2.51 bits per heavy atom. The Kier molecular flexibility index (Phi) is 9.51. The van der Waals surface area contributed by atoms with Crippen LogP contribution >= 0.6 is 23.2 Å². The van der Waals surface area contributed by atoms with E-state index < -0.39 is 30.4 Å². The third kappa shape index (κ3) is 7.44. The van der Waals surface area contributed by atoms with Gasteiger partial charge in [-0.2, -0.15) is 0 Å². The predicted molar refractivity (Wildman–Crippen MR) is 133 cm³/mol. The van der Waals surface area contributed by atoms with Crippen LogP contribution in [0.2, 0.25) is 10.0 Å². The third-order valence-electron chi connectivity index (χ3n) is 5.40. The Hall–Kier alpha value is -3.10. The van der Waals surface area contributed by atoms with Gasteiger partial charge in [-0.1, -0.05) is 43.0 Å². The monoisotopic (exact) mass is 520 g/mol. The van der Waals surface area contributed by atoms with Crippen LogP contribution < -0.4 is 10.2 Å². The van der Waals surface area contributed by atoms with Gasteiger partial charge in [-0.15, -0.1) is 0 Å². The molecule has 1 aliphatic rings. The smallest absolute Gasteiger partial charge is 0.338 e. The van der Waals surface area contributed by atoms with Gasteiger partial charge in [0, 0.05) is 23.7 Å². The van der Waals surface area contributed by atoms with Crippen LogP contribution in [0.3, 0.4) is 0 Å². The first-order valence-electron chi connectivity index (χ1n) is 11.3. The lowest BCUT2D eigenvalue weighted by Gasteiger charge is -2.17. The number of rotatable bonds is 10. The molecule has 0 unspecified atom stereocenters. The number of carbonyl (C=O) groups is 4. The van der Waals surface area contributed by atoms with Gasteiger partial charge in [0.1, 0.15) is 0 Å². The van der Waals surface area contributed by atoms with Crippen LogP contribution in [0.15, 0.2) is 42.5 Å². The Balaban J connectivity index is 1.49. The summed E-state index contributed by atoms with van der Waals surface area (Å²) in [5, 5.41) is 3.21. The van der Waals surface area contributed by atoms with Gasteiger partial charge < -0.3 is 19.7 Å². The molecule has 2 amide bonds. The second-order valence-electron chi connectivity index (χ2n) is 8.08. The van der Waals surface area contributed by atoms with Crippen molar-refractivity contribution < 1.29 is 28.7 Å². The van der Waals surface area contributed by atoms with Crippen LogP contribution in [-0.2, 0) is 23.9 Å². The zero-order valence-electron chi connectivity index (χ0n) is 19.2. The maximum absolute atomic E-state index is 12.5. The van der Waals surface area contributed by atoms with Gasteiger partial charge in [0.25, 0.3) is 5.91 Å². The number of hydrogen-bond acceptors (Lipinski definition) is 6. The molecule has 186 valence electrons. The molecule has 1 atom stereocenters. The van der Waals surface area contributed by atoms with E-state index in [1.165, 1.54) is 17.0 Å². The fraction of sp³-hybridized carbons (Fsp3) is 0.360. The van der Waals surface area contributed by atoms with Crippen LogP contribution in [0, 0.1) is 5.92 Å². The van der Waals surface area contributed by atoms with Gasteiger partial charge >= 0.3 is 11.9 Å². The van der Waals surface area contributed by atoms with Crippen molar-refractivity contribution in [3.63, 3.8) is 0 Å². The summed E-state index contributed by atoms with van der Waals surface area (Å²) in [6.45, 7) is 2.02. The summed E-state index contributed by atoms with van der Waals surface area (Å²) in [7, 11) is 0. The number of ether oxygens (including phenoxy) is 2. The minimum absolute atomic E-state index is 0.0399. The Labute approximate surface area is 213 Å². The lowest BCUT2D eigenvalue weighted by molar-refractivity contribution is -0.151. The molecule has 35 heavy (non-hydrogen) atoms. The number of hydrogen-bond donors (Lipinski definition) is 1. The van der Waals surface area contributed by atoms with Gasteiger partial charge in [0.15, 0.2) is 6.61 Å². The topological polar surface area (TPSA) is 102 Å². The van der Waals surface area contributed by atoms with Crippen molar-refractivity contribution in [3.8, 4) is 0 Å². The Morgan fingerprint density at radius 1 is 1.06 bits per heavy atom. The number of esters is 2. The summed E-state index contributed by atoms with van der Waals surface area (Å²) in [5.41, 5.74) is 1.25. The average Bonchev–Trinajstić information content (AvgIpc) is 3.24. The van der Waals surface area contributed by atoms with Crippen molar-refractivity contribution in [2.24, 2.45) is 5.92 Å². The van der Waals surface area contributed by atoms with Crippen molar-refractivity contribution in [2.75, 3.05) is 30.0 Å². The van der Waals surface area contributed by atoms with E-state index in [0.29, 0.717) is 33.6 Å². The largest absolute Gasteiger partial charge is 0.462 e. The van der Waals surface area contributed by atoms with E-state index in [9.17, 15) is 19.2 Å². The molecule has 2 aromatic rings. The average molecular weight is 521 g/mol. The first-order chi connectivity index (χ1) is 16.8. The molecule has 2 aromatic carbocycles. The van der Waals surface area contributed by atoms with Crippen molar-refractivity contribution in [2.45, 2.75) is 32.6 Å². The number of halogens is 2. The molecule has 0 spiro atoms. The van der Waals surface area contributed by atoms with Crippen LogP contribution in [0.4, 0.5) is 11.4 Å². The van der Waals surface area contributed by atoms with E-state index in [1.54, 1.807) is 30.3 Å². The molecule has 1 saturated heterocycles. The van der Waals surface area contributed by atoms with Crippen molar-refractivity contribution in [1.29, 1.82) is 0 Å². The standard InChI is InChI=1S/C25H26Cl2N2O6/c1-2-3-4-11-34-24(32)16-5-8-19(9-6-16)29-14-17(12-23(29)31)25(33)35-15-22(30)28-21-13-18(26)7-10-20(21)27/h5-10,13,17H,2-4,11-12,14-15H2,1H3,(H,28,30)/t17-/m1/s1. The van der Waals surface area contributed by atoms with Gasteiger partial charge in [-0.3, -0.25) is 14.4 Å². The summed E-state index contributed by atoms with van der Waals surface area (Å²) in [4.78, 5) is 50.6. The number of anilines is 2. The zero-order chi connectivity index (χ0) is 25.4. The van der Waals surface area contributed by atoms with Crippen molar-refractivity contribution in [3.05, 3.63) is 58.1 Å². The van der Waals surface area contributed by atoms with Crippen LogP contribution in [0.25, 0.3) is 0 Å². The summed E-state index contributed by atoms with van der Waals surface area (Å²) in [5.74, 6) is -2.62. The Morgan fingerprint density at radius 2 is 1.80 bits per heavy atom. The molecule has 10 heteroatoms. The fourth-order valence-electron chi connectivity index (χ4n) is 3.53. The first-order valence-corrected chi connectivity index (χ1v) is 12.0. The second-order valence-corrected chi connectivity index (χ2v) is 8.92. The molecule has 0 aliphatic carbocycles. The molecule has 0 bridgehead atoms. The summed E-state index contributed by atoms with van der Waals surface area (Å²) in [6, 6.07) is 11.0. The highest BCUT2D eigenvalue weighted by molar-refractivity contribution is 6.35. The quantitative estimate of drug-likeness (QED) is 0.354. The van der Waals surface area contributed by atoms with E-state index in [4.69, 9.17) is 32.7 Å². The highest BCUT2D eigenvalue weighted by Gasteiger charge is 2.36. The third-order valence-corrected chi connectivity index (χ3v) is 5.97. The molecule has 1 aliphatic heterocycles. The molecule has 3 rings (SSSR count).